The number of methoxy groups -OCH3 is 1. The third kappa shape index (κ3) is 5.11. The van der Waals surface area contributed by atoms with Crippen molar-refractivity contribution in [3.05, 3.63) is 59.7 Å². The van der Waals surface area contributed by atoms with Crippen LogP contribution in [0.2, 0.25) is 0 Å². The molecule has 0 heterocycles. The molecule has 4 heteroatoms. The molecular formula is C19H24N2O2. The predicted molar refractivity (Wildman–Crippen MR) is 93.8 cm³/mol. The SMILES string of the molecule is CCNCc1ccccc1NC(=O)CCc1ccccc1OC. The van der Waals surface area contributed by atoms with Crippen molar-refractivity contribution in [1.29, 1.82) is 0 Å². The van der Waals surface area contributed by atoms with Crippen molar-refractivity contribution in [2.45, 2.75) is 26.3 Å². The summed E-state index contributed by atoms with van der Waals surface area (Å²) in [5.41, 5.74) is 3.02. The lowest BCUT2D eigenvalue weighted by Gasteiger charge is -2.12. The van der Waals surface area contributed by atoms with Gasteiger partial charge in [-0.25, -0.2) is 0 Å². The molecule has 4 nitrogen and oxygen atoms in total. The van der Waals surface area contributed by atoms with Crippen molar-refractivity contribution >= 4 is 11.6 Å². The zero-order chi connectivity index (χ0) is 16.5. The molecule has 0 aliphatic carbocycles. The predicted octanol–water partition coefficient (Wildman–Crippen LogP) is 3.38. The number of anilines is 1. The van der Waals surface area contributed by atoms with E-state index < -0.39 is 0 Å². The average molecular weight is 312 g/mol. The van der Waals surface area contributed by atoms with E-state index in [9.17, 15) is 4.79 Å². The Bertz CT molecular complexity index is 641. The minimum atomic E-state index is 0.0138. The standard InChI is InChI=1S/C19H24N2O2/c1-3-20-14-16-9-4-6-10-17(16)21-19(22)13-12-15-8-5-7-11-18(15)23-2/h4-11,20H,3,12-14H2,1-2H3,(H,21,22). The Hall–Kier alpha value is -2.33. The fourth-order valence-corrected chi connectivity index (χ4v) is 2.43. The molecule has 2 rings (SSSR count). The molecule has 0 radical (unpaired) electrons. The van der Waals surface area contributed by atoms with Crippen molar-refractivity contribution < 1.29 is 9.53 Å². The molecule has 0 saturated heterocycles. The van der Waals surface area contributed by atoms with Gasteiger partial charge in [0, 0.05) is 18.7 Å². The molecule has 0 saturated carbocycles. The molecular weight excluding hydrogens is 288 g/mol. The molecule has 2 aromatic rings. The number of para-hydroxylation sites is 2. The molecule has 1 amide bonds. The molecule has 0 atom stereocenters. The van der Waals surface area contributed by atoms with E-state index in [1.54, 1.807) is 7.11 Å². The topological polar surface area (TPSA) is 50.4 Å². The van der Waals surface area contributed by atoms with Gasteiger partial charge in [-0.2, -0.15) is 0 Å². The van der Waals surface area contributed by atoms with Gasteiger partial charge in [0.25, 0.3) is 0 Å². The van der Waals surface area contributed by atoms with Crippen LogP contribution in [-0.2, 0) is 17.8 Å². The van der Waals surface area contributed by atoms with Crippen LogP contribution >= 0.6 is 0 Å². The number of benzene rings is 2. The van der Waals surface area contributed by atoms with Gasteiger partial charge in [0.15, 0.2) is 0 Å². The summed E-state index contributed by atoms with van der Waals surface area (Å²) in [5.74, 6) is 0.840. The van der Waals surface area contributed by atoms with Crippen molar-refractivity contribution in [3.63, 3.8) is 0 Å². The van der Waals surface area contributed by atoms with Crippen LogP contribution in [0.5, 0.6) is 5.75 Å². The highest BCUT2D eigenvalue weighted by atomic mass is 16.5. The van der Waals surface area contributed by atoms with Crippen LogP contribution in [0.25, 0.3) is 0 Å². The fourth-order valence-electron chi connectivity index (χ4n) is 2.43. The van der Waals surface area contributed by atoms with Crippen molar-refractivity contribution in [3.8, 4) is 5.75 Å². The van der Waals surface area contributed by atoms with Gasteiger partial charge in [-0.15, -0.1) is 0 Å². The number of rotatable bonds is 8. The summed E-state index contributed by atoms with van der Waals surface area (Å²) in [6, 6.07) is 15.7. The van der Waals surface area contributed by atoms with Gasteiger partial charge in [0.05, 0.1) is 7.11 Å². The van der Waals surface area contributed by atoms with Gasteiger partial charge in [-0.05, 0) is 36.2 Å². The maximum atomic E-state index is 12.2. The quantitative estimate of drug-likeness (QED) is 0.785. The van der Waals surface area contributed by atoms with Crippen molar-refractivity contribution in [1.82, 2.24) is 5.32 Å². The monoisotopic (exact) mass is 312 g/mol. The highest BCUT2D eigenvalue weighted by molar-refractivity contribution is 5.91. The third-order valence-corrected chi connectivity index (χ3v) is 3.67. The zero-order valence-electron chi connectivity index (χ0n) is 13.8. The Morgan fingerprint density at radius 2 is 1.74 bits per heavy atom. The third-order valence-electron chi connectivity index (χ3n) is 3.67. The van der Waals surface area contributed by atoms with Crippen LogP contribution in [0.4, 0.5) is 5.69 Å². The Morgan fingerprint density at radius 3 is 2.48 bits per heavy atom. The van der Waals surface area contributed by atoms with E-state index in [1.807, 2.05) is 48.5 Å². The summed E-state index contributed by atoms with van der Waals surface area (Å²) >= 11 is 0. The highest BCUT2D eigenvalue weighted by Gasteiger charge is 2.08. The fraction of sp³-hybridized carbons (Fsp3) is 0.316. The summed E-state index contributed by atoms with van der Waals surface area (Å²) in [4.78, 5) is 12.2. The van der Waals surface area contributed by atoms with E-state index in [4.69, 9.17) is 4.74 Å². The molecule has 23 heavy (non-hydrogen) atoms. The van der Waals surface area contributed by atoms with Gasteiger partial charge in [0.2, 0.25) is 5.91 Å². The summed E-state index contributed by atoms with van der Waals surface area (Å²) in [6.07, 6.45) is 1.08. The Labute approximate surface area is 137 Å². The average Bonchev–Trinajstić information content (AvgIpc) is 2.59. The lowest BCUT2D eigenvalue weighted by atomic mass is 10.1. The molecule has 2 aromatic carbocycles. The molecule has 0 aliphatic rings. The highest BCUT2D eigenvalue weighted by Crippen LogP contribution is 2.20. The molecule has 0 spiro atoms. The molecule has 0 bridgehead atoms. The first-order chi connectivity index (χ1) is 11.2. The maximum Gasteiger partial charge on any atom is 0.224 e. The second kappa shape index (κ2) is 8.96. The number of hydrogen-bond acceptors (Lipinski definition) is 3. The van der Waals surface area contributed by atoms with Gasteiger partial charge in [-0.1, -0.05) is 43.3 Å². The van der Waals surface area contributed by atoms with E-state index in [0.717, 1.165) is 35.7 Å². The molecule has 0 fully saturated rings. The Morgan fingerprint density at radius 1 is 1.04 bits per heavy atom. The van der Waals surface area contributed by atoms with Gasteiger partial charge in [-0.3, -0.25) is 4.79 Å². The Kier molecular flexibility index (Phi) is 6.63. The van der Waals surface area contributed by atoms with Crippen LogP contribution in [0.15, 0.2) is 48.5 Å². The van der Waals surface area contributed by atoms with Crippen LogP contribution in [0.3, 0.4) is 0 Å². The minimum Gasteiger partial charge on any atom is -0.496 e. The summed E-state index contributed by atoms with van der Waals surface area (Å²) in [6.45, 7) is 3.71. The molecule has 2 N–H and O–H groups in total. The van der Waals surface area contributed by atoms with Crippen molar-refractivity contribution in [2.24, 2.45) is 0 Å². The number of carbonyl (C=O) groups is 1. The largest absolute Gasteiger partial charge is 0.496 e. The number of nitrogens with one attached hydrogen (secondary N) is 2. The van der Waals surface area contributed by atoms with E-state index in [-0.39, 0.29) is 5.91 Å². The molecule has 0 unspecified atom stereocenters. The molecule has 0 aliphatic heterocycles. The number of carbonyl (C=O) groups excluding carboxylic acids is 1. The smallest absolute Gasteiger partial charge is 0.224 e. The zero-order valence-corrected chi connectivity index (χ0v) is 13.8. The lowest BCUT2D eigenvalue weighted by molar-refractivity contribution is -0.116. The second-order valence-corrected chi connectivity index (χ2v) is 5.30. The van der Waals surface area contributed by atoms with E-state index in [0.29, 0.717) is 12.8 Å². The normalized spacial score (nSPS) is 10.3. The summed E-state index contributed by atoms with van der Waals surface area (Å²) < 4.78 is 5.32. The van der Waals surface area contributed by atoms with Crippen LogP contribution in [-0.4, -0.2) is 19.6 Å². The van der Waals surface area contributed by atoms with Crippen LogP contribution in [0, 0.1) is 0 Å². The number of aryl methyl sites for hydroxylation is 1. The van der Waals surface area contributed by atoms with Crippen molar-refractivity contribution in [2.75, 3.05) is 19.0 Å². The first-order valence-electron chi connectivity index (χ1n) is 7.95. The molecule has 122 valence electrons. The van der Waals surface area contributed by atoms with E-state index >= 15 is 0 Å². The minimum absolute atomic E-state index is 0.0138. The van der Waals surface area contributed by atoms with Crippen LogP contribution in [0.1, 0.15) is 24.5 Å². The lowest BCUT2D eigenvalue weighted by Crippen LogP contribution is -2.17. The van der Waals surface area contributed by atoms with Gasteiger partial charge in [0.1, 0.15) is 5.75 Å². The van der Waals surface area contributed by atoms with Gasteiger partial charge < -0.3 is 15.4 Å². The first kappa shape index (κ1) is 17.0. The second-order valence-electron chi connectivity index (χ2n) is 5.30. The summed E-state index contributed by atoms with van der Waals surface area (Å²) in [7, 11) is 1.65. The molecule has 0 aromatic heterocycles. The van der Waals surface area contributed by atoms with Crippen LogP contribution < -0.4 is 15.4 Å². The number of amides is 1. The number of hydrogen-bond donors (Lipinski definition) is 2. The van der Waals surface area contributed by atoms with Gasteiger partial charge >= 0.3 is 0 Å². The first-order valence-corrected chi connectivity index (χ1v) is 7.95. The number of ether oxygens (including phenoxy) is 1. The summed E-state index contributed by atoms with van der Waals surface area (Å²) in [5, 5.41) is 6.29. The Balaban J connectivity index is 1.95. The van der Waals surface area contributed by atoms with E-state index in [2.05, 4.69) is 17.6 Å². The van der Waals surface area contributed by atoms with E-state index in [1.165, 1.54) is 0 Å². The maximum absolute atomic E-state index is 12.2.